The molecule has 0 spiro atoms. The minimum absolute atomic E-state index is 0.0954. The number of carbonyl (C=O) groups is 4. The Balaban J connectivity index is 1.61. The van der Waals surface area contributed by atoms with Gasteiger partial charge < -0.3 is 64.3 Å². The zero-order valence-electron chi connectivity index (χ0n) is 42.3. The van der Waals surface area contributed by atoms with E-state index >= 15 is 4.79 Å². The number of ether oxygens (including phenoxy) is 5. The van der Waals surface area contributed by atoms with Gasteiger partial charge in [-0.2, -0.15) is 0 Å². The lowest BCUT2D eigenvalue weighted by atomic mass is 9.77. The largest absolute Gasteiger partial charge is 0.387 e. The first-order valence-electron chi connectivity index (χ1n) is 24.5. The Morgan fingerprint density at radius 3 is 2.22 bits per heavy atom. The van der Waals surface area contributed by atoms with Gasteiger partial charge in [0.05, 0.1) is 41.5 Å². The van der Waals surface area contributed by atoms with Crippen LogP contribution >= 0.6 is 0 Å². The summed E-state index contributed by atoms with van der Waals surface area (Å²) < 4.78 is 32.2. The molecule has 0 radical (unpaired) electrons. The van der Waals surface area contributed by atoms with Gasteiger partial charge in [0.1, 0.15) is 30.3 Å². The number of aryl methyl sites for hydroxylation is 1. The van der Waals surface area contributed by atoms with Crippen LogP contribution in [0.1, 0.15) is 106 Å². The lowest BCUT2D eigenvalue weighted by Gasteiger charge is -2.49. The molecule has 4 amide bonds. The number of hydrogen-bond donors (Lipinski definition) is 5. The summed E-state index contributed by atoms with van der Waals surface area (Å²) >= 11 is 0. The van der Waals surface area contributed by atoms with Gasteiger partial charge in [0.25, 0.3) is 0 Å². The third-order valence-electron chi connectivity index (χ3n) is 14.8. The molecular weight excluding hydrogens is 863 g/mol. The number of aliphatic hydroxyl groups excluding tert-OH is 2. The maximum Gasteiger partial charge on any atom is 0.244 e. The summed E-state index contributed by atoms with van der Waals surface area (Å²) in [4.78, 5) is 63.2. The lowest BCUT2D eigenvalue weighted by Crippen LogP contribution is -2.61. The van der Waals surface area contributed by atoms with Crippen molar-refractivity contribution in [3.8, 4) is 0 Å². The quantitative estimate of drug-likeness (QED) is 0.229. The molecule has 4 aliphatic heterocycles. The highest BCUT2D eigenvalue weighted by Crippen LogP contribution is 2.40. The highest BCUT2D eigenvalue weighted by molar-refractivity contribution is 5.95. The number of nitrogens with one attached hydrogen (secondary N) is 2. The molecule has 17 atom stereocenters. The molecule has 0 bridgehead atoms. The second-order valence-electron chi connectivity index (χ2n) is 21.2. The molecule has 5 N–H and O–H groups in total. The van der Waals surface area contributed by atoms with E-state index in [2.05, 4.69) is 10.6 Å². The Morgan fingerprint density at radius 1 is 0.925 bits per heavy atom. The third kappa shape index (κ3) is 13.1. The minimum Gasteiger partial charge on any atom is -0.387 e. The molecule has 0 aromatic heterocycles. The van der Waals surface area contributed by atoms with E-state index in [0.717, 1.165) is 5.56 Å². The summed E-state index contributed by atoms with van der Waals surface area (Å²) in [5.41, 5.74) is -1.77. The fraction of sp³-hybridized carbons (Fsp3) is 0.800. The molecule has 5 rings (SSSR count). The summed E-state index contributed by atoms with van der Waals surface area (Å²) in [5.74, 6) is -4.19. The number of methoxy groups -OCH3 is 1. The maximum atomic E-state index is 15.1. The van der Waals surface area contributed by atoms with Gasteiger partial charge in [-0.25, -0.2) is 0 Å². The molecule has 67 heavy (non-hydrogen) atoms. The van der Waals surface area contributed by atoms with E-state index in [1.807, 2.05) is 83.9 Å². The number of fused-ring (bicyclic) bond motifs is 1. The number of rotatable bonds is 10. The predicted molar refractivity (Wildman–Crippen MR) is 251 cm³/mol. The fourth-order valence-electron chi connectivity index (χ4n) is 10.9. The van der Waals surface area contributed by atoms with Crippen LogP contribution in [0.3, 0.4) is 0 Å². The third-order valence-corrected chi connectivity index (χ3v) is 14.8. The molecule has 0 aliphatic carbocycles. The van der Waals surface area contributed by atoms with Crippen molar-refractivity contribution in [3.63, 3.8) is 0 Å². The lowest BCUT2D eigenvalue weighted by molar-refractivity contribution is -0.317. The molecule has 1 aromatic rings. The van der Waals surface area contributed by atoms with Crippen molar-refractivity contribution in [1.29, 1.82) is 0 Å². The van der Waals surface area contributed by atoms with Crippen LogP contribution < -0.4 is 10.6 Å². The number of nitrogens with zero attached hydrogens (tertiary/aromatic N) is 3. The van der Waals surface area contributed by atoms with Crippen molar-refractivity contribution in [1.82, 2.24) is 25.3 Å². The number of hydrogen-bond acceptors (Lipinski definition) is 13. The second-order valence-corrected chi connectivity index (χ2v) is 21.2. The standard InChI is InChI=1S/C50H83N5O12/c1-28(2)39-45(59)51-35(22-21-34-18-15-14-16-19-34)47(61)54(12)27-29(3)25-49(8,62)43(67-48-40(56)37(53(10)11)24-30(4)64-48)31(5)41(66-38-26-50(9,63-13)42(57)33(7)65-38)32(6)46(60)55-23-17-20-36(55)44(58)52-39/h14-16,18-19,28-33,35-43,48,56-57,62H,17,20-27H2,1-13H3,(H,51,59)(H,52,58)/t29-,30-,31+,32-,33+,35-,36+,37+,38+,39?,40-,41+,42+,43-,48+,49-,50-/m1/s1. The Bertz CT molecular complexity index is 1800. The van der Waals surface area contributed by atoms with Crippen LogP contribution in [0.5, 0.6) is 0 Å². The maximum absolute atomic E-state index is 15.1. The highest BCUT2D eigenvalue weighted by Gasteiger charge is 2.52. The first-order valence-corrected chi connectivity index (χ1v) is 24.5. The van der Waals surface area contributed by atoms with Gasteiger partial charge in [-0.3, -0.25) is 19.2 Å². The zero-order valence-corrected chi connectivity index (χ0v) is 42.3. The summed E-state index contributed by atoms with van der Waals surface area (Å²) in [6, 6.07) is 6.51. The Morgan fingerprint density at radius 2 is 1.60 bits per heavy atom. The van der Waals surface area contributed by atoms with Crippen molar-refractivity contribution >= 4 is 23.6 Å². The number of benzene rings is 1. The number of amides is 4. The van der Waals surface area contributed by atoms with Crippen molar-refractivity contribution in [3.05, 3.63) is 35.9 Å². The van der Waals surface area contributed by atoms with Crippen molar-refractivity contribution in [2.45, 2.75) is 192 Å². The van der Waals surface area contributed by atoms with Gasteiger partial charge in [-0.1, -0.05) is 65.0 Å². The van der Waals surface area contributed by atoms with E-state index in [-0.39, 0.29) is 61.7 Å². The summed E-state index contributed by atoms with van der Waals surface area (Å²) in [5, 5.41) is 41.8. The van der Waals surface area contributed by atoms with Gasteiger partial charge in [0, 0.05) is 45.6 Å². The fourth-order valence-corrected chi connectivity index (χ4v) is 10.9. The number of likely N-dealkylation sites (N-methyl/N-ethyl adjacent to an activating group) is 2. The van der Waals surface area contributed by atoms with Gasteiger partial charge in [0.2, 0.25) is 23.6 Å². The highest BCUT2D eigenvalue weighted by atomic mass is 16.7. The molecule has 17 nitrogen and oxygen atoms in total. The smallest absolute Gasteiger partial charge is 0.244 e. The van der Waals surface area contributed by atoms with Gasteiger partial charge in [-0.15, -0.1) is 0 Å². The van der Waals surface area contributed by atoms with Crippen molar-refractivity contribution in [2.75, 3.05) is 41.3 Å². The molecule has 4 fully saturated rings. The molecule has 4 aliphatic rings. The minimum atomic E-state index is -1.70. The zero-order chi connectivity index (χ0) is 49.7. The van der Waals surface area contributed by atoms with Crippen molar-refractivity contribution in [2.24, 2.45) is 23.7 Å². The van der Waals surface area contributed by atoms with Gasteiger partial charge >= 0.3 is 0 Å². The number of aliphatic hydroxyl groups is 3. The van der Waals surface area contributed by atoms with Crippen LogP contribution in [0.15, 0.2) is 30.3 Å². The topological polar surface area (TPSA) is 209 Å². The Labute approximate surface area is 398 Å². The summed E-state index contributed by atoms with van der Waals surface area (Å²) in [6.45, 7) is 16.6. The molecule has 380 valence electrons. The average molecular weight is 946 g/mol. The van der Waals surface area contributed by atoms with E-state index < -0.39 is 96.1 Å². The Hall–Kier alpha value is -3.26. The van der Waals surface area contributed by atoms with E-state index in [4.69, 9.17) is 23.7 Å². The first-order chi connectivity index (χ1) is 31.4. The van der Waals surface area contributed by atoms with Crippen LogP contribution in [-0.2, 0) is 49.3 Å². The Kier molecular flexibility index (Phi) is 18.9. The SMILES string of the molecule is CO[C@]1(C)C[C@H](O[C@H]2[C@H](C)[C@@H](O[C@@H]3O[C@H](C)C[C@H](N(C)C)[C@H]3O)[C@](C)(O)C[C@@H](C)CN(C)C(=O)[C@@H](CCc3ccccc3)NC(=O)C(C(C)C)NC(=O)[C@@H]3CCCN3C(=O)[C@@H]2C)O[C@@H](C)[C@@H]1O. The van der Waals surface area contributed by atoms with Crippen LogP contribution in [0.2, 0.25) is 0 Å². The van der Waals surface area contributed by atoms with Gasteiger partial charge in [0.15, 0.2) is 12.6 Å². The summed E-state index contributed by atoms with van der Waals surface area (Å²) in [7, 11) is 6.93. The van der Waals surface area contributed by atoms with Crippen LogP contribution in [0.4, 0.5) is 0 Å². The molecule has 4 heterocycles. The molecule has 1 aromatic carbocycles. The van der Waals surface area contributed by atoms with E-state index in [1.165, 1.54) is 12.0 Å². The number of carbonyl (C=O) groups excluding carboxylic acids is 4. The van der Waals surface area contributed by atoms with E-state index in [9.17, 15) is 29.7 Å². The normalized spacial score (nSPS) is 40.2. The molecular formula is C50H83N5O12. The predicted octanol–water partition coefficient (Wildman–Crippen LogP) is 2.85. The second kappa shape index (κ2) is 23.1. The van der Waals surface area contributed by atoms with E-state index in [1.54, 1.807) is 39.6 Å². The van der Waals surface area contributed by atoms with Crippen LogP contribution in [-0.4, -0.2) is 180 Å². The average Bonchev–Trinajstić information content (AvgIpc) is 3.77. The van der Waals surface area contributed by atoms with Crippen LogP contribution in [0, 0.1) is 23.7 Å². The van der Waals surface area contributed by atoms with Gasteiger partial charge in [-0.05, 0) is 97.7 Å². The molecule has 17 heteroatoms. The molecule has 4 saturated heterocycles. The summed E-state index contributed by atoms with van der Waals surface area (Å²) in [6.07, 6.45) is -5.07. The van der Waals surface area contributed by atoms with Crippen LogP contribution in [0.25, 0.3) is 0 Å². The molecule has 0 saturated carbocycles. The molecule has 1 unspecified atom stereocenters. The first kappa shape index (κ1) is 54.7. The van der Waals surface area contributed by atoms with Crippen molar-refractivity contribution < 1.29 is 58.2 Å². The monoisotopic (exact) mass is 946 g/mol. The van der Waals surface area contributed by atoms with E-state index in [0.29, 0.717) is 32.1 Å².